The van der Waals surface area contributed by atoms with Crippen molar-refractivity contribution < 1.29 is 4.48 Å². The first kappa shape index (κ1) is 11.9. The molecule has 1 rings (SSSR count). The highest BCUT2D eigenvalue weighted by atomic mass is 19.2. The molecule has 0 radical (unpaired) electrons. The summed E-state index contributed by atoms with van der Waals surface area (Å²) in [5.74, 6) is 0.719. The normalized spacial score (nSPS) is 28.7. The largest absolute Gasteiger partial charge is 0.303 e. The van der Waals surface area contributed by atoms with Crippen molar-refractivity contribution >= 4 is 0 Å². The van der Waals surface area contributed by atoms with E-state index in [2.05, 4.69) is 25.8 Å². The van der Waals surface area contributed by atoms with Crippen molar-refractivity contribution in [2.24, 2.45) is 5.92 Å². The second-order valence-electron chi connectivity index (χ2n) is 4.95. The number of nitrogens with one attached hydrogen (secondary N) is 1. The third-order valence-electron chi connectivity index (χ3n) is 3.13. The van der Waals surface area contributed by atoms with E-state index >= 15 is 0 Å². The number of hydrogen-bond acceptors (Lipinski definition) is 2. The smallest absolute Gasteiger partial charge is 0.0373 e. The maximum absolute atomic E-state index is 12.2. The Labute approximate surface area is 86.8 Å². The summed E-state index contributed by atoms with van der Waals surface area (Å²) in [5, 5.41) is 0. The topological polar surface area (TPSA) is 15.3 Å². The van der Waals surface area contributed by atoms with Crippen LogP contribution in [0.5, 0.6) is 0 Å². The fourth-order valence-electron chi connectivity index (χ4n) is 2.35. The fourth-order valence-corrected chi connectivity index (χ4v) is 2.35. The Kier molecular flexibility index (Phi) is 4.82. The second-order valence-corrected chi connectivity index (χ2v) is 4.95. The Morgan fingerprint density at radius 1 is 1.29 bits per heavy atom. The van der Waals surface area contributed by atoms with E-state index in [0.29, 0.717) is 6.04 Å². The van der Waals surface area contributed by atoms with Crippen LogP contribution in [0.15, 0.2) is 0 Å². The van der Waals surface area contributed by atoms with E-state index < -0.39 is 0 Å². The minimum Gasteiger partial charge on any atom is -0.303 e. The first-order valence-electron chi connectivity index (χ1n) is 5.70. The van der Waals surface area contributed by atoms with Crippen molar-refractivity contribution in [2.45, 2.75) is 51.6 Å². The molecule has 0 aromatic rings. The molecule has 0 spiro atoms. The Morgan fingerprint density at radius 2 is 1.86 bits per heavy atom. The number of rotatable bonds is 4. The predicted molar refractivity (Wildman–Crippen MR) is 57.8 cm³/mol. The maximum Gasteiger partial charge on any atom is 0.0373 e. The molecule has 0 bridgehead atoms. The summed E-state index contributed by atoms with van der Waals surface area (Å²) in [6, 6.07) is 0.778. The highest BCUT2D eigenvalue weighted by Crippen LogP contribution is 2.22. The molecule has 0 heterocycles. The van der Waals surface area contributed by atoms with Crippen LogP contribution in [-0.2, 0) is 0 Å². The van der Waals surface area contributed by atoms with Crippen LogP contribution in [0.3, 0.4) is 0 Å². The van der Waals surface area contributed by atoms with Crippen LogP contribution in [-0.4, -0.2) is 30.6 Å². The molecule has 0 atom stereocenters. The first-order valence-corrected chi connectivity index (χ1v) is 5.70. The van der Waals surface area contributed by atoms with Gasteiger partial charge in [0.1, 0.15) is 0 Å². The van der Waals surface area contributed by atoms with Gasteiger partial charge in [-0.3, -0.25) is 0 Å². The molecule has 0 aromatic carbocycles. The number of hydrogen-bond donors (Lipinski definition) is 1. The van der Waals surface area contributed by atoms with Gasteiger partial charge in [0.05, 0.1) is 0 Å². The maximum atomic E-state index is 12.2. The molecule has 1 fully saturated rings. The highest BCUT2D eigenvalue weighted by Gasteiger charge is 2.23. The third-order valence-corrected chi connectivity index (χ3v) is 3.13. The molecule has 3 heteroatoms. The molecular formula is C11H23FN2. The minimum atomic E-state index is 0.110. The van der Waals surface area contributed by atoms with Crippen LogP contribution >= 0.6 is 0 Å². The molecule has 1 N–H and O–H groups in total. The van der Waals surface area contributed by atoms with Gasteiger partial charge in [-0.05, 0) is 38.6 Å². The molecule has 0 aromatic heterocycles. The van der Waals surface area contributed by atoms with Gasteiger partial charge in [-0.25, -0.2) is 0 Å². The lowest BCUT2D eigenvalue weighted by Gasteiger charge is -2.34. The van der Waals surface area contributed by atoms with Gasteiger partial charge in [0, 0.05) is 18.6 Å². The van der Waals surface area contributed by atoms with Crippen LogP contribution in [0.25, 0.3) is 0 Å². The number of nitrogens with zero attached hydrogens (tertiary/aromatic N) is 1. The molecule has 14 heavy (non-hydrogen) atoms. The van der Waals surface area contributed by atoms with Gasteiger partial charge in [0.15, 0.2) is 0 Å². The van der Waals surface area contributed by atoms with Gasteiger partial charge in [0.25, 0.3) is 0 Å². The zero-order chi connectivity index (χ0) is 10.6. The van der Waals surface area contributed by atoms with Crippen LogP contribution in [0.1, 0.15) is 39.5 Å². The quantitative estimate of drug-likeness (QED) is 0.704. The molecule has 1 aliphatic rings. The third kappa shape index (κ3) is 3.54. The van der Waals surface area contributed by atoms with E-state index in [1.807, 2.05) is 5.54 Å². The SMILES string of the molecule is CC(C)CN(C)C1CCC(NF)CC1. The summed E-state index contributed by atoms with van der Waals surface area (Å²) in [6.07, 6.45) is 4.21. The molecule has 0 amide bonds. The Morgan fingerprint density at radius 3 is 2.29 bits per heavy atom. The molecule has 0 unspecified atom stereocenters. The molecule has 1 saturated carbocycles. The Balaban J connectivity index is 2.26. The molecule has 84 valence electrons. The monoisotopic (exact) mass is 202 g/mol. The van der Waals surface area contributed by atoms with Gasteiger partial charge in [-0.2, -0.15) is 5.54 Å². The van der Waals surface area contributed by atoms with Crippen LogP contribution in [0.4, 0.5) is 4.48 Å². The van der Waals surface area contributed by atoms with Gasteiger partial charge >= 0.3 is 0 Å². The zero-order valence-electron chi connectivity index (χ0n) is 9.59. The van der Waals surface area contributed by atoms with E-state index in [1.54, 1.807) is 0 Å². The average Bonchev–Trinajstić information content (AvgIpc) is 2.17. The van der Waals surface area contributed by atoms with Gasteiger partial charge in [-0.1, -0.05) is 13.8 Å². The summed E-state index contributed by atoms with van der Waals surface area (Å²) in [6.45, 7) is 5.63. The molecule has 0 saturated heterocycles. The van der Waals surface area contributed by atoms with Gasteiger partial charge < -0.3 is 4.90 Å². The predicted octanol–water partition coefficient (Wildman–Crippen LogP) is 2.36. The van der Waals surface area contributed by atoms with E-state index in [1.165, 1.54) is 0 Å². The standard InChI is InChI=1S/C11H23FN2/c1-9(2)8-14(3)11-6-4-10(13-12)5-7-11/h9-11,13H,4-8H2,1-3H3. The van der Waals surface area contributed by atoms with Crippen LogP contribution in [0.2, 0.25) is 0 Å². The van der Waals surface area contributed by atoms with Gasteiger partial charge in [-0.15, -0.1) is 4.48 Å². The minimum absolute atomic E-state index is 0.110. The van der Waals surface area contributed by atoms with Crippen molar-refractivity contribution in [1.29, 1.82) is 0 Å². The number of halogens is 1. The van der Waals surface area contributed by atoms with E-state index in [4.69, 9.17) is 0 Å². The summed E-state index contributed by atoms with van der Waals surface area (Å²) in [4.78, 5) is 2.43. The molecule has 0 aliphatic heterocycles. The van der Waals surface area contributed by atoms with E-state index in [9.17, 15) is 4.48 Å². The lowest BCUT2D eigenvalue weighted by atomic mass is 9.90. The molecule has 2 nitrogen and oxygen atoms in total. The summed E-state index contributed by atoms with van der Waals surface area (Å²) in [5.41, 5.74) is 1.89. The average molecular weight is 202 g/mol. The molecule has 1 aliphatic carbocycles. The van der Waals surface area contributed by atoms with Crippen LogP contribution in [0, 0.1) is 5.92 Å². The van der Waals surface area contributed by atoms with Crippen LogP contribution < -0.4 is 5.54 Å². The van der Waals surface area contributed by atoms with Crippen molar-refractivity contribution in [3.05, 3.63) is 0 Å². The van der Waals surface area contributed by atoms with Gasteiger partial charge in [0.2, 0.25) is 0 Å². The summed E-state index contributed by atoms with van der Waals surface area (Å²) in [7, 11) is 2.19. The second kappa shape index (κ2) is 5.66. The lowest BCUT2D eigenvalue weighted by Crippen LogP contribution is -2.40. The zero-order valence-corrected chi connectivity index (χ0v) is 9.59. The van der Waals surface area contributed by atoms with Crippen molar-refractivity contribution in [3.8, 4) is 0 Å². The fraction of sp³-hybridized carbons (Fsp3) is 1.00. The first-order chi connectivity index (χ1) is 6.63. The summed E-state index contributed by atoms with van der Waals surface area (Å²) < 4.78 is 12.2. The Hall–Kier alpha value is -0.150. The van der Waals surface area contributed by atoms with Crippen molar-refractivity contribution in [1.82, 2.24) is 10.4 Å². The lowest BCUT2D eigenvalue weighted by molar-refractivity contribution is 0.136. The summed E-state index contributed by atoms with van der Waals surface area (Å²) >= 11 is 0. The van der Waals surface area contributed by atoms with Crippen molar-refractivity contribution in [3.63, 3.8) is 0 Å². The highest BCUT2D eigenvalue weighted by molar-refractivity contribution is 4.80. The Bertz CT molecular complexity index is 153. The molecular weight excluding hydrogens is 179 g/mol. The van der Waals surface area contributed by atoms with E-state index in [0.717, 1.165) is 38.1 Å². The van der Waals surface area contributed by atoms with Crippen molar-refractivity contribution in [2.75, 3.05) is 13.6 Å². The van der Waals surface area contributed by atoms with E-state index in [-0.39, 0.29) is 6.04 Å².